The van der Waals surface area contributed by atoms with Crippen LogP contribution in [0, 0.1) is 0 Å². The van der Waals surface area contributed by atoms with Crippen molar-refractivity contribution in [3.63, 3.8) is 0 Å². The number of thioether (sulfide) groups is 1. The van der Waals surface area contributed by atoms with Crippen LogP contribution in [0.2, 0.25) is 0 Å². The third-order valence-corrected chi connectivity index (χ3v) is 5.41. The molecule has 7 nitrogen and oxygen atoms in total. The second-order valence-electron chi connectivity index (χ2n) is 6.81. The number of amides is 2. The van der Waals surface area contributed by atoms with Crippen LogP contribution in [0.4, 0.5) is 11.4 Å². The van der Waals surface area contributed by atoms with Gasteiger partial charge in [-0.1, -0.05) is 24.3 Å². The van der Waals surface area contributed by atoms with Gasteiger partial charge in [-0.25, -0.2) is 4.79 Å². The third kappa shape index (κ3) is 6.88. The molecule has 3 N–H and O–H groups in total. The summed E-state index contributed by atoms with van der Waals surface area (Å²) in [6.07, 6.45) is 0. The number of carbonyl (C=O) groups is 3. The maximum absolute atomic E-state index is 12.5. The Labute approximate surface area is 189 Å². The number of rotatable bonds is 9. The summed E-state index contributed by atoms with van der Waals surface area (Å²) < 4.78 is 5.44. The third-order valence-electron chi connectivity index (χ3n) is 4.31. The highest BCUT2D eigenvalue weighted by molar-refractivity contribution is 8.00. The number of carboxylic acid groups (broad SMARTS) is 1. The summed E-state index contributed by atoms with van der Waals surface area (Å²) >= 11 is 1.34. The van der Waals surface area contributed by atoms with Gasteiger partial charge in [0.2, 0.25) is 5.91 Å². The predicted octanol–water partition coefficient (Wildman–Crippen LogP) is 4.52. The zero-order chi connectivity index (χ0) is 22.9. The lowest BCUT2D eigenvalue weighted by Gasteiger charge is -2.13. The summed E-state index contributed by atoms with van der Waals surface area (Å²) in [6.45, 7) is 1.66. The average molecular weight is 451 g/mol. The molecule has 0 spiro atoms. The Morgan fingerprint density at radius 1 is 0.906 bits per heavy atom. The van der Waals surface area contributed by atoms with Crippen molar-refractivity contribution in [1.82, 2.24) is 0 Å². The summed E-state index contributed by atoms with van der Waals surface area (Å²) in [5.41, 5.74) is 1.28. The fourth-order valence-electron chi connectivity index (χ4n) is 2.71. The summed E-state index contributed by atoms with van der Waals surface area (Å²) in [5, 5.41) is 14.1. The van der Waals surface area contributed by atoms with Crippen molar-refractivity contribution in [2.45, 2.75) is 17.1 Å². The van der Waals surface area contributed by atoms with Crippen LogP contribution in [0.25, 0.3) is 0 Å². The fourth-order valence-corrected chi connectivity index (χ4v) is 3.63. The smallest absolute Gasteiger partial charge is 0.335 e. The molecule has 0 saturated heterocycles. The van der Waals surface area contributed by atoms with Gasteiger partial charge in [0.05, 0.1) is 10.8 Å². The van der Waals surface area contributed by atoms with E-state index in [1.807, 2.05) is 24.3 Å². The highest BCUT2D eigenvalue weighted by Crippen LogP contribution is 2.26. The van der Waals surface area contributed by atoms with Crippen molar-refractivity contribution in [2.24, 2.45) is 0 Å². The average Bonchev–Trinajstić information content (AvgIpc) is 2.79. The topological polar surface area (TPSA) is 105 Å². The standard InChI is InChI=1S/C24H22N2O5S/c1-16(23(28)26-18-12-10-17(11-13-18)24(29)30)32-21-9-5-6-19(14-21)25-22(27)15-31-20-7-3-2-4-8-20/h2-14,16H,15H2,1H3,(H,25,27)(H,26,28)(H,29,30). The minimum atomic E-state index is -1.02. The highest BCUT2D eigenvalue weighted by atomic mass is 32.2. The van der Waals surface area contributed by atoms with Crippen molar-refractivity contribution < 1.29 is 24.2 Å². The lowest BCUT2D eigenvalue weighted by atomic mass is 10.2. The van der Waals surface area contributed by atoms with Crippen LogP contribution in [0.15, 0.2) is 83.8 Å². The van der Waals surface area contributed by atoms with Crippen LogP contribution in [-0.2, 0) is 9.59 Å². The molecule has 0 saturated carbocycles. The minimum Gasteiger partial charge on any atom is -0.484 e. The first-order valence-corrected chi connectivity index (χ1v) is 10.7. The van der Waals surface area contributed by atoms with Crippen LogP contribution in [0.1, 0.15) is 17.3 Å². The minimum absolute atomic E-state index is 0.110. The van der Waals surface area contributed by atoms with Crippen molar-refractivity contribution >= 4 is 40.9 Å². The molecule has 1 unspecified atom stereocenters. The summed E-state index contributed by atoms with van der Waals surface area (Å²) in [4.78, 5) is 36.4. The SMILES string of the molecule is CC(Sc1cccc(NC(=O)COc2ccccc2)c1)C(=O)Nc1ccc(C(=O)O)cc1. The molecule has 0 fully saturated rings. The Hall–Kier alpha value is -3.78. The molecule has 3 aromatic rings. The second-order valence-corrected chi connectivity index (χ2v) is 8.22. The number of hydrogen-bond donors (Lipinski definition) is 3. The number of aromatic carboxylic acids is 1. The van der Waals surface area contributed by atoms with E-state index >= 15 is 0 Å². The summed E-state index contributed by atoms with van der Waals surface area (Å²) in [6, 6.07) is 22.2. The van der Waals surface area contributed by atoms with Gasteiger partial charge in [0, 0.05) is 16.3 Å². The van der Waals surface area contributed by atoms with E-state index in [4.69, 9.17) is 9.84 Å². The molecule has 0 aliphatic rings. The van der Waals surface area contributed by atoms with Gasteiger partial charge < -0.3 is 20.5 Å². The van der Waals surface area contributed by atoms with Gasteiger partial charge in [-0.15, -0.1) is 11.8 Å². The molecule has 0 bridgehead atoms. The van der Waals surface area contributed by atoms with Crippen molar-refractivity contribution in [2.75, 3.05) is 17.2 Å². The lowest BCUT2D eigenvalue weighted by molar-refractivity contribution is -0.118. The van der Waals surface area contributed by atoms with Gasteiger partial charge in [-0.2, -0.15) is 0 Å². The first-order valence-electron chi connectivity index (χ1n) is 9.79. The second kappa shape index (κ2) is 11.0. The van der Waals surface area contributed by atoms with E-state index in [9.17, 15) is 14.4 Å². The van der Waals surface area contributed by atoms with Crippen molar-refractivity contribution in [1.29, 1.82) is 0 Å². The molecular weight excluding hydrogens is 428 g/mol. The Morgan fingerprint density at radius 2 is 1.62 bits per heavy atom. The zero-order valence-electron chi connectivity index (χ0n) is 17.3. The van der Waals surface area contributed by atoms with Crippen LogP contribution in [-0.4, -0.2) is 34.7 Å². The molecular formula is C24H22N2O5S. The van der Waals surface area contributed by atoms with E-state index in [0.29, 0.717) is 17.1 Å². The summed E-state index contributed by atoms with van der Waals surface area (Å²) in [7, 11) is 0. The van der Waals surface area contributed by atoms with Crippen molar-refractivity contribution in [3.05, 3.63) is 84.4 Å². The molecule has 3 aromatic carbocycles. The number of benzene rings is 3. The van der Waals surface area contributed by atoms with E-state index in [1.54, 1.807) is 49.4 Å². The molecule has 0 aromatic heterocycles. The molecule has 32 heavy (non-hydrogen) atoms. The van der Waals surface area contributed by atoms with E-state index in [0.717, 1.165) is 4.90 Å². The van der Waals surface area contributed by atoms with E-state index in [1.165, 1.54) is 23.9 Å². The Kier molecular flexibility index (Phi) is 7.88. The van der Waals surface area contributed by atoms with E-state index < -0.39 is 11.2 Å². The van der Waals surface area contributed by atoms with Gasteiger partial charge in [-0.05, 0) is 61.5 Å². The van der Waals surface area contributed by atoms with Gasteiger partial charge in [0.15, 0.2) is 6.61 Å². The predicted molar refractivity (Wildman–Crippen MR) is 124 cm³/mol. The van der Waals surface area contributed by atoms with Crippen LogP contribution < -0.4 is 15.4 Å². The number of carboxylic acids is 1. The Balaban J connectivity index is 1.52. The van der Waals surface area contributed by atoms with E-state index in [-0.39, 0.29) is 24.0 Å². The monoisotopic (exact) mass is 450 g/mol. The maximum Gasteiger partial charge on any atom is 0.335 e. The number of anilines is 2. The molecule has 3 rings (SSSR count). The number of nitrogens with one attached hydrogen (secondary N) is 2. The zero-order valence-corrected chi connectivity index (χ0v) is 18.1. The van der Waals surface area contributed by atoms with Crippen LogP contribution in [0.3, 0.4) is 0 Å². The molecule has 1 atom stereocenters. The molecule has 164 valence electrons. The highest BCUT2D eigenvalue weighted by Gasteiger charge is 2.15. The molecule has 2 amide bonds. The van der Waals surface area contributed by atoms with Crippen LogP contribution in [0.5, 0.6) is 5.75 Å². The maximum atomic E-state index is 12.5. The first kappa shape index (κ1) is 22.9. The molecule has 0 aliphatic carbocycles. The first-order chi connectivity index (χ1) is 15.4. The molecule has 0 radical (unpaired) electrons. The Bertz CT molecular complexity index is 1090. The summed E-state index contributed by atoms with van der Waals surface area (Å²) in [5.74, 6) is -0.912. The normalized spacial score (nSPS) is 11.3. The molecule has 0 heterocycles. The van der Waals surface area contributed by atoms with Gasteiger partial charge in [-0.3, -0.25) is 9.59 Å². The number of ether oxygens (including phenoxy) is 1. The van der Waals surface area contributed by atoms with Gasteiger partial charge in [0.25, 0.3) is 5.91 Å². The number of para-hydroxylation sites is 1. The lowest BCUT2D eigenvalue weighted by Crippen LogP contribution is -2.22. The Morgan fingerprint density at radius 3 is 2.31 bits per heavy atom. The van der Waals surface area contributed by atoms with Crippen LogP contribution >= 0.6 is 11.8 Å². The van der Waals surface area contributed by atoms with E-state index in [2.05, 4.69) is 10.6 Å². The fraction of sp³-hybridized carbons (Fsp3) is 0.125. The largest absolute Gasteiger partial charge is 0.484 e. The molecule has 0 aliphatic heterocycles. The molecule has 8 heteroatoms. The quantitative estimate of drug-likeness (QED) is 0.414. The number of hydrogen-bond acceptors (Lipinski definition) is 5. The number of carbonyl (C=O) groups excluding carboxylic acids is 2. The van der Waals surface area contributed by atoms with Gasteiger partial charge >= 0.3 is 5.97 Å². The van der Waals surface area contributed by atoms with Gasteiger partial charge in [0.1, 0.15) is 5.75 Å². The van der Waals surface area contributed by atoms with Crippen molar-refractivity contribution in [3.8, 4) is 5.75 Å².